The number of hydrogen-bond donors (Lipinski definition) is 1. The third kappa shape index (κ3) is 3.73. The van der Waals surface area contributed by atoms with E-state index in [2.05, 4.69) is 54.3 Å². The molecule has 0 aliphatic carbocycles. The Morgan fingerprint density at radius 1 is 1.42 bits per heavy atom. The van der Waals surface area contributed by atoms with E-state index in [9.17, 15) is 0 Å². The SMILES string of the molecule is CCC(C)CC(Cc1cc(Br)cc2c1OCC2)NC. The van der Waals surface area contributed by atoms with Gasteiger partial charge in [0.25, 0.3) is 0 Å². The molecule has 1 heterocycles. The van der Waals surface area contributed by atoms with E-state index in [4.69, 9.17) is 4.74 Å². The zero-order chi connectivity index (χ0) is 13.8. The van der Waals surface area contributed by atoms with Crippen LogP contribution in [-0.2, 0) is 12.8 Å². The quantitative estimate of drug-likeness (QED) is 0.855. The van der Waals surface area contributed by atoms with Crippen molar-refractivity contribution < 1.29 is 4.74 Å². The molecule has 1 aromatic rings. The molecule has 1 aromatic carbocycles. The first-order valence-electron chi connectivity index (χ1n) is 7.25. The van der Waals surface area contributed by atoms with Crippen molar-refractivity contribution in [2.45, 2.75) is 45.6 Å². The summed E-state index contributed by atoms with van der Waals surface area (Å²) in [4.78, 5) is 0. The highest BCUT2D eigenvalue weighted by Crippen LogP contribution is 2.34. The number of ether oxygens (including phenoxy) is 1. The maximum Gasteiger partial charge on any atom is 0.125 e. The molecule has 0 spiro atoms. The lowest BCUT2D eigenvalue weighted by atomic mass is 9.93. The van der Waals surface area contributed by atoms with Gasteiger partial charge in [0.05, 0.1) is 6.61 Å². The van der Waals surface area contributed by atoms with Gasteiger partial charge in [-0.3, -0.25) is 0 Å². The third-order valence-electron chi connectivity index (χ3n) is 4.08. The van der Waals surface area contributed by atoms with Gasteiger partial charge in [-0.05, 0) is 49.1 Å². The average Bonchev–Trinajstić information content (AvgIpc) is 2.85. The van der Waals surface area contributed by atoms with Crippen LogP contribution < -0.4 is 10.1 Å². The van der Waals surface area contributed by atoms with Gasteiger partial charge in [-0.2, -0.15) is 0 Å². The second kappa shape index (κ2) is 6.76. The fourth-order valence-corrected chi connectivity index (χ4v) is 3.27. The standard InChI is InChI=1S/C16H24BrNO/c1-4-11(2)7-15(18-3)10-13-9-14(17)8-12-5-6-19-16(12)13/h8-9,11,15,18H,4-7,10H2,1-3H3. The van der Waals surface area contributed by atoms with E-state index in [1.807, 2.05) is 0 Å². The van der Waals surface area contributed by atoms with E-state index in [-0.39, 0.29) is 0 Å². The van der Waals surface area contributed by atoms with Crippen molar-refractivity contribution in [3.63, 3.8) is 0 Å². The van der Waals surface area contributed by atoms with Gasteiger partial charge in [-0.25, -0.2) is 0 Å². The molecular formula is C16H24BrNO. The molecule has 2 atom stereocenters. The fourth-order valence-electron chi connectivity index (χ4n) is 2.72. The first-order valence-corrected chi connectivity index (χ1v) is 8.04. The van der Waals surface area contributed by atoms with Crippen molar-refractivity contribution in [1.82, 2.24) is 5.32 Å². The molecule has 0 fully saturated rings. The van der Waals surface area contributed by atoms with Gasteiger partial charge in [0.15, 0.2) is 0 Å². The number of fused-ring (bicyclic) bond motifs is 1. The first-order chi connectivity index (χ1) is 9.13. The molecule has 0 saturated carbocycles. The first kappa shape index (κ1) is 14.9. The van der Waals surface area contributed by atoms with Crippen molar-refractivity contribution in [3.8, 4) is 5.75 Å². The molecule has 0 amide bonds. The molecule has 0 bridgehead atoms. The molecular weight excluding hydrogens is 302 g/mol. The van der Waals surface area contributed by atoms with Crippen molar-refractivity contribution in [1.29, 1.82) is 0 Å². The maximum absolute atomic E-state index is 5.81. The molecule has 106 valence electrons. The van der Waals surface area contributed by atoms with Crippen molar-refractivity contribution in [3.05, 3.63) is 27.7 Å². The number of benzene rings is 1. The van der Waals surface area contributed by atoms with E-state index >= 15 is 0 Å². The summed E-state index contributed by atoms with van der Waals surface area (Å²) in [6, 6.07) is 4.93. The maximum atomic E-state index is 5.81. The van der Waals surface area contributed by atoms with Gasteiger partial charge < -0.3 is 10.1 Å². The summed E-state index contributed by atoms with van der Waals surface area (Å²) < 4.78 is 6.98. The van der Waals surface area contributed by atoms with Crippen LogP contribution in [0.2, 0.25) is 0 Å². The summed E-state index contributed by atoms with van der Waals surface area (Å²) in [7, 11) is 2.06. The largest absolute Gasteiger partial charge is 0.493 e. The van der Waals surface area contributed by atoms with E-state index in [0.717, 1.165) is 31.1 Å². The lowest BCUT2D eigenvalue weighted by Gasteiger charge is -2.21. The molecule has 2 unspecified atom stereocenters. The minimum absolute atomic E-state index is 0.526. The van der Waals surface area contributed by atoms with E-state index in [1.54, 1.807) is 0 Å². The molecule has 2 nitrogen and oxygen atoms in total. The Morgan fingerprint density at radius 2 is 2.21 bits per heavy atom. The van der Waals surface area contributed by atoms with Gasteiger partial charge in [-0.1, -0.05) is 36.2 Å². The third-order valence-corrected chi connectivity index (χ3v) is 4.54. The summed E-state index contributed by atoms with van der Waals surface area (Å²) in [5, 5.41) is 3.46. The van der Waals surface area contributed by atoms with Crippen LogP contribution in [0.15, 0.2) is 16.6 Å². The fraction of sp³-hybridized carbons (Fsp3) is 0.625. The number of rotatable bonds is 6. The number of likely N-dealkylation sites (N-methyl/N-ethyl adjacent to an activating group) is 1. The van der Waals surface area contributed by atoms with Gasteiger partial charge in [0.2, 0.25) is 0 Å². The normalized spacial score (nSPS) is 16.8. The summed E-state index contributed by atoms with van der Waals surface area (Å²) in [6.07, 6.45) is 4.54. The topological polar surface area (TPSA) is 21.3 Å². The number of halogens is 1. The van der Waals surface area contributed by atoms with Gasteiger partial charge in [0.1, 0.15) is 5.75 Å². The Morgan fingerprint density at radius 3 is 2.89 bits per heavy atom. The monoisotopic (exact) mass is 325 g/mol. The molecule has 0 radical (unpaired) electrons. The number of hydrogen-bond acceptors (Lipinski definition) is 2. The Kier molecular flexibility index (Phi) is 5.28. The van der Waals surface area contributed by atoms with Crippen molar-refractivity contribution >= 4 is 15.9 Å². The lowest BCUT2D eigenvalue weighted by molar-refractivity contribution is 0.348. The minimum atomic E-state index is 0.526. The molecule has 1 aliphatic rings. The van der Waals surface area contributed by atoms with E-state index in [0.29, 0.717) is 6.04 Å². The highest BCUT2D eigenvalue weighted by molar-refractivity contribution is 9.10. The van der Waals surface area contributed by atoms with Crippen molar-refractivity contribution in [2.75, 3.05) is 13.7 Å². The molecule has 0 aromatic heterocycles. The van der Waals surface area contributed by atoms with E-state index < -0.39 is 0 Å². The summed E-state index contributed by atoms with van der Waals surface area (Å²) in [5.41, 5.74) is 2.69. The highest BCUT2D eigenvalue weighted by Gasteiger charge is 2.20. The molecule has 1 aliphatic heterocycles. The van der Waals surface area contributed by atoms with Crippen LogP contribution in [0.4, 0.5) is 0 Å². The summed E-state index contributed by atoms with van der Waals surface area (Å²) in [6.45, 7) is 5.41. The average molecular weight is 326 g/mol. The van der Waals surface area contributed by atoms with Crippen LogP contribution >= 0.6 is 15.9 Å². The summed E-state index contributed by atoms with van der Waals surface area (Å²) in [5.74, 6) is 1.89. The predicted octanol–water partition coefficient (Wildman–Crippen LogP) is 3.95. The van der Waals surface area contributed by atoms with Gasteiger partial charge >= 0.3 is 0 Å². The van der Waals surface area contributed by atoms with Gasteiger partial charge in [0, 0.05) is 16.9 Å². The van der Waals surface area contributed by atoms with Crippen LogP contribution in [0.25, 0.3) is 0 Å². The Bertz CT molecular complexity index is 433. The van der Waals surface area contributed by atoms with Crippen LogP contribution in [0.1, 0.15) is 37.8 Å². The van der Waals surface area contributed by atoms with Crippen LogP contribution in [0.3, 0.4) is 0 Å². The molecule has 19 heavy (non-hydrogen) atoms. The molecule has 3 heteroatoms. The Balaban J connectivity index is 2.13. The second-order valence-electron chi connectivity index (χ2n) is 5.59. The second-order valence-corrected chi connectivity index (χ2v) is 6.51. The predicted molar refractivity (Wildman–Crippen MR) is 84.0 cm³/mol. The smallest absolute Gasteiger partial charge is 0.125 e. The Hall–Kier alpha value is -0.540. The van der Waals surface area contributed by atoms with Crippen LogP contribution in [0, 0.1) is 5.92 Å². The lowest BCUT2D eigenvalue weighted by Crippen LogP contribution is -2.29. The summed E-state index contributed by atoms with van der Waals surface area (Å²) >= 11 is 3.62. The zero-order valence-electron chi connectivity index (χ0n) is 12.1. The van der Waals surface area contributed by atoms with Gasteiger partial charge in [-0.15, -0.1) is 0 Å². The van der Waals surface area contributed by atoms with Crippen molar-refractivity contribution in [2.24, 2.45) is 5.92 Å². The molecule has 1 N–H and O–H groups in total. The highest BCUT2D eigenvalue weighted by atomic mass is 79.9. The molecule has 0 saturated heterocycles. The number of nitrogens with one attached hydrogen (secondary N) is 1. The zero-order valence-corrected chi connectivity index (χ0v) is 13.7. The minimum Gasteiger partial charge on any atom is -0.493 e. The van der Waals surface area contributed by atoms with Crippen LogP contribution in [0.5, 0.6) is 5.75 Å². The Labute approximate surface area is 125 Å². The van der Waals surface area contributed by atoms with Crippen LogP contribution in [-0.4, -0.2) is 19.7 Å². The molecule has 2 rings (SSSR count). The van der Waals surface area contributed by atoms with E-state index in [1.165, 1.54) is 28.4 Å².